The quantitative estimate of drug-likeness (QED) is 0.913. The fourth-order valence-electron chi connectivity index (χ4n) is 1.93. The maximum absolute atomic E-state index is 13.7. The van der Waals surface area contributed by atoms with Gasteiger partial charge < -0.3 is 9.88 Å². The molecule has 0 unspecified atom stereocenters. The first-order valence-electron chi connectivity index (χ1n) is 6.49. The molecule has 0 amide bonds. The molecule has 0 saturated carbocycles. The lowest BCUT2D eigenvalue weighted by Crippen LogP contribution is -2.18. The largest absolute Gasteiger partial charge is 0.380 e. The fraction of sp³-hybridized carbons (Fsp3) is 0.267. The van der Waals surface area contributed by atoms with E-state index in [4.69, 9.17) is 11.6 Å². The number of nitrogens with zero attached hydrogens (tertiary/aromatic N) is 1. The number of anilines is 1. The second kappa shape index (κ2) is 6.57. The van der Waals surface area contributed by atoms with Crippen molar-refractivity contribution in [2.45, 2.75) is 26.4 Å². The maximum Gasteiger partial charge on any atom is 0.250 e. The molecule has 2 rings (SSSR count). The molecule has 0 atom stereocenters. The molecule has 0 radical (unpaired) electrons. The number of rotatable bonds is 5. The number of hydrogen-bond acceptors (Lipinski definition) is 2. The monoisotopic (exact) mass is 294 g/mol. The molecule has 0 aliphatic rings. The van der Waals surface area contributed by atoms with Crippen LogP contribution in [0.5, 0.6) is 0 Å². The molecule has 0 fully saturated rings. The number of pyridine rings is 1. The zero-order valence-electron chi connectivity index (χ0n) is 11.2. The van der Waals surface area contributed by atoms with Gasteiger partial charge in [-0.1, -0.05) is 30.7 Å². The van der Waals surface area contributed by atoms with Crippen LogP contribution in [-0.4, -0.2) is 4.57 Å². The van der Waals surface area contributed by atoms with E-state index in [-0.39, 0.29) is 10.6 Å². The molecule has 1 aromatic carbocycles. The average molecular weight is 295 g/mol. The zero-order chi connectivity index (χ0) is 14.5. The highest BCUT2D eigenvalue weighted by Gasteiger charge is 2.06. The standard InChI is InChI=1S/C15H16ClFN2O/c1-2-8-19-10-12(6-7-14(19)20)18-9-11-4-3-5-13(16)15(11)17/h3-7,10,18H,2,8-9H2,1H3. The van der Waals surface area contributed by atoms with Gasteiger partial charge in [0.2, 0.25) is 0 Å². The van der Waals surface area contributed by atoms with Crippen molar-refractivity contribution in [2.24, 2.45) is 0 Å². The average Bonchev–Trinajstić information content (AvgIpc) is 2.44. The summed E-state index contributed by atoms with van der Waals surface area (Å²) in [7, 11) is 0. The van der Waals surface area contributed by atoms with E-state index in [1.165, 1.54) is 12.1 Å². The topological polar surface area (TPSA) is 34.0 Å². The van der Waals surface area contributed by atoms with Gasteiger partial charge in [0, 0.05) is 30.9 Å². The molecule has 0 spiro atoms. The minimum absolute atomic E-state index is 0.0358. The van der Waals surface area contributed by atoms with E-state index in [0.29, 0.717) is 18.7 Å². The molecule has 1 heterocycles. The van der Waals surface area contributed by atoms with Crippen LogP contribution in [0.3, 0.4) is 0 Å². The van der Waals surface area contributed by atoms with E-state index in [1.54, 1.807) is 29.0 Å². The lowest BCUT2D eigenvalue weighted by molar-refractivity contribution is 0.613. The molecule has 2 aromatic rings. The summed E-state index contributed by atoms with van der Waals surface area (Å²) in [6.45, 7) is 2.99. The Kier molecular flexibility index (Phi) is 4.79. The van der Waals surface area contributed by atoms with Crippen molar-refractivity contribution in [3.8, 4) is 0 Å². The Morgan fingerprint density at radius 3 is 2.85 bits per heavy atom. The minimum Gasteiger partial charge on any atom is -0.380 e. The Balaban J connectivity index is 2.13. The van der Waals surface area contributed by atoms with Crippen molar-refractivity contribution in [3.05, 3.63) is 63.3 Å². The predicted molar refractivity (Wildman–Crippen MR) is 79.7 cm³/mol. The summed E-state index contributed by atoms with van der Waals surface area (Å²) in [5.41, 5.74) is 1.23. The van der Waals surface area contributed by atoms with Crippen LogP contribution < -0.4 is 10.9 Å². The number of nitrogens with one attached hydrogen (secondary N) is 1. The van der Waals surface area contributed by atoms with Crippen LogP contribution in [0.1, 0.15) is 18.9 Å². The van der Waals surface area contributed by atoms with Crippen molar-refractivity contribution < 1.29 is 4.39 Å². The van der Waals surface area contributed by atoms with E-state index in [2.05, 4.69) is 5.32 Å². The van der Waals surface area contributed by atoms with E-state index < -0.39 is 5.82 Å². The van der Waals surface area contributed by atoms with Crippen LogP contribution >= 0.6 is 11.6 Å². The van der Waals surface area contributed by atoms with Crippen molar-refractivity contribution in [1.29, 1.82) is 0 Å². The molecule has 106 valence electrons. The Morgan fingerprint density at radius 1 is 1.30 bits per heavy atom. The van der Waals surface area contributed by atoms with Crippen LogP contribution in [-0.2, 0) is 13.1 Å². The summed E-state index contributed by atoms with van der Waals surface area (Å²) in [6.07, 6.45) is 2.63. The maximum atomic E-state index is 13.7. The molecule has 1 N–H and O–H groups in total. The van der Waals surface area contributed by atoms with E-state index in [1.807, 2.05) is 6.92 Å². The zero-order valence-corrected chi connectivity index (χ0v) is 12.0. The normalized spacial score (nSPS) is 10.6. The molecule has 20 heavy (non-hydrogen) atoms. The molecular weight excluding hydrogens is 279 g/mol. The number of aromatic nitrogens is 1. The Morgan fingerprint density at radius 2 is 2.10 bits per heavy atom. The molecule has 1 aromatic heterocycles. The van der Waals surface area contributed by atoms with E-state index >= 15 is 0 Å². The first kappa shape index (κ1) is 14.6. The van der Waals surface area contributed by atoms with Gasteiger partial charge in [-0.05, 0) is 18.6 Å². The van der Waals surface area contributed by atoms with Gasteiger partial charge >= 0.3 is 0 Å². The minimum atomic E-state index is -0.413. The number of hydrogen-bond donors (Lipinski definition) is 1. The van der Waals surface area contributed by atoms with Gasteiger partial charge in [0.1, 0.15) is 5.82 Å². The van der Waals surface area contributed by atoms with Crippen LogP contribution in [0.25, 0.3) is 0 Å². The molecule has 5 heteroatoms. The summed E-state index contributed by atoms with van der Waals surface area (Å²) in [5, 5.41) is 3.21. The highest BCUT2D eigenvalue weighted by Crippen LogP contribution is 2.18. The van der Waals surface area contributed by atoms with Gasteiger partial charge in [-0.3, -0.25) is 4.79 Å². The smallest absolute Gasteiger partial charge is 0.250 e. The van der Waals surface area contributed by atoms with Gasteiger partial charge in [-0.2, -0.15) is 0 Å². The SMILES string of the molecule is CCCn1cc(NCc2cccc(Cl)c2F)ccc1=O. The molecular formula is C15H16ClFN2O. The molecule has 3 nitrogen and oxygen atoms in total. The second-order valence-electron chi connectivity index (χ2n) is 4.52. The third kappa shape index (κ3) is 3.39. The third-order valence-electron chi connectivity index (χ3n) is 2.96. The van der Waals surface area contributed by atoms with Gasteiger partial charge in [-0.25, -0.2) is 4.39 Å². The first-order chi connectivity index (χ1) is 9.61. The highest BCUT2D eigenvalue weighted by molar-refractivity contribution is 6.30. The number of halogens is 2. The summed E-state index contributed by atoms with van der Waals surface area (Å²) in [6, 6.07) is 8.10. The van der Waals surface area contributed by atoms with Crippen LogP contribution in [0.15, 0.2) is 41.3 Å². The summed E-state index contributed by atoms with van der Waals surface area (Å²) in [4.78, 5) is 11.6. The van der Waals surface area contributed by atoms with Gasteiger partial charge in [0.05, 0.1) is 10.7 Å². The highest BCUT2D eigenvalue weighted by atomic mass is 35.5. The number of aryl methyl sites for hydroxylation is 1. The Bertz CT molecular complexity index is 655. The van der Waals surface area contributed by atoms with Crippen molar-refractivity contribution in [1.82, 2.24) is 4.57 Å². The lowest BCUT2D eigenvalue weighted by Gasteiger charge is -2.10. The molecule has 0 bridgehead atoms. The molecule has 0 aliphatic heterocycles. The van der Waals surface area contributed by atoms with Crippen LogP contribution in [0.4, 0.5) is 10.1 Å². The third-order valence-corrected chi connectivity index (χ3v) is 3.25. The second-order valence-corrected chi connectivity index (χ2v) is 4.92. The fourth-order valence-corrected chi connectivity index (χ4v) is 2.13. The van der Waals surface area contributed by atoms with E-state index in [9.17, 15) is 9.18 Å². The van der Waals surface area contributed by atoms with Crippen LogP contribution in [0.2, 0.25) is 5.02 Å². The Hall–Kier alpha value is -1.81. The summed E-state index contributed by atoms with van der Waals surface area (Å²) >= 11 is 5.73. The predicted octanol–water partition coefficient (Wildman–Crippen LogP) is 3.66. The van der Waals surface area contributed by atoms with Crippen molar-refractivity contribution in [3.63, 3.8) is 0 Å². The van der Waals surface area contributed by atoms with Gasteiger partial charge in [0.25, 0.3) is 5.56 Å². The molecule has 0 saturated heterocycles. The Labute approximate surface area is 122 Å². The summed E-state index contributed by atoms with van der Waals surface area (Å²) < 4.78 is 15.4. The van der Waals surface area contributed by atoms with Gasteiger partial charge in [0.15, 0.2) is 0 Å². The van der Waals surface area contributed by atoms with Crippen molar-refractivity contribution >= 4 is 17.3 Å². The van der Waals surface area contributed by atoms with Crippen molar-refractivity contribution in [2.75, 3.05) is 5.32 Å². The van der Waals surface area contributed by atoms with Gasteiger partial charge in [-0.15, -0.1) is 0 Å². The lowest BCUT2D eigenvalue weighted by atomic mass is 10.2. The number of benzene rings is 1. The molecule has 0 aliphatic carbocycles. The first-order valence-corrected chi connectivity index (χ1v) is 6.87. The van der Waals surface area contributed by atoms with E-state index in [0.717, 1.165) is 12.1 Å². The van der Waals surface area contributed by atoms with Crippen LogP contribution in [0, 0.1) is 5.82 Å². The summed E-state index contributed by atoms with van der Waals surface area (Å²) in [5.74, 6) is -0.413.